The number of hydrogen-bond donors (Lipinski definition) is 0. The number of carbonyl (C=O) groups excluding carboxylic acids is 2. The highest BCUT2D eigenvalue weighted by molar-refractivity contribution is 6.12. The third-order valence-corrected chi connectivity index (χ3v) is 4.35. The number of halogens is 3. The van der Waals surface area contributed by atoms with E-state index in [1.165, 1.54) is 20.0 Å². The first-order chi connectivity index (χ1) is 10.3. The topological polar surface area (TPSA) is 37.4 Å². The number of fused-ring (bicyclic) bond motifs is 1. The van der Waals surface area contributed by atoms with Gasteiger partial charge in [0.05, 0.1) is 11.8 Å². The summed E-state index contributed by atoms with van der Waals surface area (Å²) in [5.74, 6) is -1.38. The van der Waals surface area contributed by atoms with Crippen molar-refractivity contribution in [3.63, 3.8) is 0 Å². The van der Waals surface area contributed by atoms with Crippen LogP contribution in [-0.4, -0.2) is 29.9 Å². The van der Waals surface area contributed by atoms with Crippen LogP contribution in [0, 0.1) is 0 Å². The number of rotatable bonds is 1. The van der Waals surface area contributed by atoms with Gasteiger partial charge < -0.3 is 0 Å². The summed E-state index contributed by atoms with van der Waals surface area (Å²) < 4.78 is 39.0. The third kappa shape index (κ3) is 2.99. The van der Waals surface area contributed by atoms with Gasteiger partial charge in [-0.05, 0) is 29.5 Å². The predicted molar refractivity (Wildman–Crippen MR) is 80.3 cm³/mol. The lowest BCUT2D eigenvalue weighted by Crippen LogP contribution is -2.53. The highest BCUT2D eigenvalue weighted by Gasteiger charge is 2.52. The minimum Gasteiger partial charge on any atom is -0.281 e. The SMILES string of the molecule is CN1C(=O)c2cc(C(C)(C)C)ccc2C(C)(CC(F)(F)F)C1=O. The molecule has 1 atom stereocenters. The minimum absolute atomic E-state index is 0.149. The Morgan fingerprint density at radius 3 is 2.17 bits per heavy atom. The molecular weight excluding hydrogens is 307 g/mol. The van der Waals surface area contributed by atoms with Crippen LogP contribution < -0.4 is 0 Å². The summed E-state index contributed by atoms with van der Waals surface area (Å²) in [5.41, 5.74) is -0.883. The molecule has 0 aromatic heterocycles. The Morgan fingerprint density at radius 2 is 1.70 bits per heavy atom. The average Bonchev–Trinajstić information content (AvgIpc) is 2.40. The van der Waals surface area contributed by atoms with Gasteiger partial charge in [-0.1, -0.05) is 32.9 Å². The van der Waals surface area contributed by atoms with E-state index in [4.69, 9.17) is 0 Å². The molecule has 2 rings (SSSR count). The smallest absolute Gasteiger partial charge is 0.281 e. The molecule has 126 valence electrons. The summed E-state index contributed by atoms with van der Waals surface area (Å²) in [6, 6.07) is 4.79. The van der Waals surface area contributed by atoms with Crippen molar-refractivity contribution in [1.29, 1.82) is 0 Å². The maximum absolute atomic E-state index is 13.0. The maximum Gasteiger partial charge on any atom is 0.390 e. The number of hydrogen-bond acceptors (Lipinski definition) is 2. The first-order valence-electron chi connectivity index (χ1n) is 7.31. The molecule has 1 heterocycles. The largest absolute Gasteiger partial charge is 0.390 e. The van der Waals surface area contributed by atoms with E-state index >= 15 is 0 Å². The van der Waals surface area contributed by atoms with Crippen LogP contribution >= 0.6 is 0 Å². The van der Waals surface area contributed by atoms with Crippen molar-refractivity contribution in [2.45, 2.75) is 51.1 Å². The first-order valence-corrected chi connectivity index (χ1v) is 7.31. The molecule has 1 aromatic carbocycles. The molecule has 1 unspecified atom stereocenters. The molecule has 1 aliphatic rings. The molecular formula is C17H20F3NO2. The van der Waals surface area contributed by atoms with Crippen LogP contribution in [0.15, 0.2) is 18.2 Å². The fourth-order valence-corrected chi connectivity index (χ4v) is 3.00. The molecule has 0 saturated carbocycles. The maximum atomic E-state index is 13.0. The minimum atomic E-state index is -4.51. The van der Waals surface area contributed by atoms with Crippen LogP contribution in [0.25, 0.3) is 0 Å². The van der Waals surface area contributed by atoms with Gasteiger partial charge in [0.15, 0.2) is 0 Å². The number of carbonyl (C=O) groups is 2. The van der Waals surface area contributed by atoms with E-state index in [0.717, 1.165) is 10.5 Å². The molecule has 3 nitrogen and oxygen atoms in total. The Labute approximate surface area is 133 Å². The van der Waals surface area contributed by atoms with Crippen molar-refractivity contribution in [1.82, 2.24) is 4.90 Å². The fourth-order valence-electron chi connectivity index (χ4n) is 3.00. The van der Waals surface area contributed by atoms with E-state index in [-0.39, 0.29) is 16.5 Å². The second-order valence-electron chi connectivity index (χ2n) is 7.30. The zero-order valence-electron chi connectivity index (χ0n) is 13.8. The molecule has 0 N–H and O–H groups in total. The van der Waals surface area contributed by atoms with Crippen molar-refractivity contribution in [2.75, 3.05) is 7.05 Å². The lowest BCUT2D eigenvalue weighted by Gasteiger charge is -2.39. The summed E-state index contributed by atoms with van der Waals surface area (Å²) in [4.78, 5) is 25.6. The van der Waals surface area contributed by atoms with Gasteiger partial charge >= 0.3 is 6.18 Å². The molecule has 0 fully saturated rings. The molecule has 1 aromatic rings. The van der Waals surface area contributed by atoms with Crippen molar-refractivity contribution in [3.05, 3.63) is 34.9 Å². The van der Waals surface area contributed by atoms with Crippen LogP contribution in [0.3, 0.4) is 0 Å². The van der Waals surface area contributed by atoms with Gasteiger partial charge in [-0.3, -0.25) is 14.5 Å². The van der Waals surface area contributed by atoms with E-state index in [1.54, 1.807) is 12.1 Å². The van der Waals surface area contributed by atoms with Crippen molar-refractivity contribution >= 4 is 11.8 Å². The first kappa shape index (κ1) is 17.5. The second kappa shape index (κ2) is 5.08. The van der Waals surface area contributed by atoms with Gasteiger partial charge in [0.2, 0.25) is 5.91 Å². The van der Waals surface area contributed by atoms with Crippen LogP contribution in [-0.2, 0) is 15.6 Å². The van der Waals surface area contributed by atoms with Gasteiger partial charge in [-0.2, -0.15) is 13.2 Å². The molecule has 0 radical (unpaired) electrons. The highest BCUT2D eigenvalue weighted by Crippen LogP contribution is 2.43. The zero-order valence-corrected chi connectivity index (χ0v) is 13.8. The van der Waals surface area contributed by atoms with Crippen LogP contribution in [0.5, 0.6) is 0 Å². The Morgan fingerprint density at radius 1 is 1.13 bits per heavy atom. The zero-order chi connectivity index (χ0) is 17.8. The molecule has 0 aliphatic carbocycles. The van der Waals surface area contributed by atoms with Gasteiger partial charge in [0, 0.05) is 12.6 Å². The lowest BCUT2D eigenvalue weighted by molar-refractivity contribution is -0.161. The summed E-state index contributed by atoms with van der Waals surface area (Å²) >= 11 is 0. The summed E-state index contributed by atoms with van der Waals surface area (Å²) in [6.07, 6.45) is -5.80. The Kier molecular flexibility index (Phi) is 3.86. The molecule has 6 heteroatoms. The van der Waals surface area contributed by atoms with Crippen molar-refractivity contribution < 1.29 is 22.8 Å². The standard InChI is InChI=1S/C17H20F3NO2/c1-15(2,3)10-6-7-12-11(8-10)13(22)21(5)14(23)16(12,4)9-17(18,19)20/h6-8H,9H2,1-5H3. The van der Waals surface area contributed by atoms with Gasteiger partial charge in [0.25, 0.3) is 5.91 Å². The van der Waals surface area contributed by atoms with E-state index < -0.39 is 29.8 Å². The summed E-state index contributed by atoms with van der Waals surface area (Å²) in [6.45, 7) is 7.10. The van der Waals surface area contributed by atoms with Crippen LogP contribution in [0.4, 0.5) is 13.2 Å². The third-order valence-electron chi connectivity index (χ3n) is 4.35. The predicted octanol–water partition coefficient (Wildman–Crippen LogP) is 3.81. The number of amides is 2. The van der Waals surface area contributed by atoms with Crippen LogP contribution in [0.2, 0.25) is 0 Å². The Hall–Kier alpha value is -1.85. The summed E-state index contributed by atoms with van der Waals surface area (Å²) in [7, 11) is 1.23. The van der Waals surface area contributed by atoms with Gasteiger partial charge in [-0.25, -0.2) is 0 Å². The monoisotopic (exact) mass is 327 g/mol. The normalized spacial score (nSPS) is 22.3. The van der Waals surface area contributed by atoms with Gasteiger partial charge in [0.1, 0.15) is 0 Å². The van der Waals surface area contributed by atoms with E-state index in [2.05, 4.69) is 0 Å². The average molecular weight is 327 g/mol. The quantitative estimate of drug-likeness (QED) is 0.736. The van der Waals surface area contributed by atoms with Crippen molar-refractivity contribution in [3.8, 4) is 0 Å². The highest BCUT2D eigenvalue weighted by atomic mass is 19.4. The molecule has 0 spiro atoms. The van der Waals surface area contributed by atoms with E-state index in [1.807, 2.05) is 20.8 Å². The molecule has 23 heavy (non-hydrogen) atoms. The Bertz CT molecular complexity index is 673. The van der Waals surface area contributed by atoms with Crippen molar-refractivity contribution in [2.24, 2.45) is 0 Å². The molecule has 0 saturated heterocycles. The van der Waals surface area contributed by atoms with E-state index in [0.29, 0.717) is 0 Å². The number of benzene rings is 1. The molecule has 0 bridgehead atoms. The number of alkyl halides is 3. The van der Waals surface area contributed by atoms with Crippen LogP contribution in [0.1, 0.15) is 55.6 Å². The molecule has 1 aliphatic heterocycles. The lowest BCUT2D eigenvalue weighted by atomic mass is 9.71. The summed E-state index contributed by atoms with van der Waals surface area (Å²) in [5, 5.41) is 0. The number of likely N-dealkylation sites (N-methyl/N-ethyl adjacent to an activating group) is 1. The second-order valence-corrected chi connectivity index (χ2v) is 7.30. The van der Waals surface area contributed by atoms with Gasteiger partial charge in [-0.15, -0.1) is 0 Å². The number of nitrogens with zero attached hydrogens (tertiary/aromatic N) is 1. The molecule has 2 amide bonds. The van der Waals surface area contributed by atoms with E-state index in [9.17, 15) is 22.8 Å². The Balaban J connectivity index is 2.69. The number of imide groups is 1. The fraction of sp³-hybridized carbons (Fsp3) is 0.529.